The first-order valence-corrected chi connectivity index (χ1v) is 7.33. The van der Waals surface area contributed by atoms with Crippen LogP contribution in [-0.2, 0) is 4.79 Å². The monoisotopic (exact) mass is 298 g/mol. The van der Waals surface area contributed by atoms with Crippen LogP contribution in [-0.4, -0.2) is 19.6 Å². The third-order valence-electron chi connectivity index (χ3n) is 3.57. The Bertz CT molecular complexity index is 640. The van der Waals surface area contributed by atoms with Crippen LogP contribution in [0.15, 0.2) is 48.5 Å². The summed E-state index contributed by atoms with van der Waals surface area (Å²) >= 11 is 0. The minimum absolute atomic E-state index is 0.0540. The number of ether oxygens (including phenoxy) is 1. The number of aryl methyl sites for hydroxylation is 1. The largest absolute Gasteiger partial charge is 0.496 e. The molecule has 4 heteroatoms. The minimum Gasteiger partial charge on any atom is -0.496 e. The molecule has 0 fully saturated rings. The maximum absolute atomic E-state index is 12.1. The molecular formula is C18H22N2O2. The molecule has 0 saturated heterocycles. The lowest BCUT2D eigenvalue weighted by molar-refractivity contribution is -0.120. The topological polar surface area (TPSA) is 50.4 Å². The molecule has 4 nitrogen and oxygen atoms in total. The first-order chi connectivity index (χ1) is 10.6. The van der Waals surface area contributed by atoms with Gasteiger partial charge in [0.15, 0.2) is 0 Å². The Morgan fingerprint density at radius 1 is 1.14 bits per heavy atom. The zero-order chi connectivity index (χ0) is 15.9. The number of carbonyl (C=O) groups is 1. The summed E-state index contributed by atoms with van der Waals surface area (Å²) in [5.41, 5.74) is 3.06. The van der Waals surface area contributed by atoms with Gasteiger partial charge in [-0.15, -0.1) is 0 Å². The van der Waals surface area contributed by atoms with Crippen molar-refractivity contribution in [1.29, 1.82) is 0 Å². The summed E-state index contributed by atoms with van der Waals surface area (Å²) in [6, 6.07) is 15.5. The Hall–Kier alpha value is -2.49. The number of carbonyl (C=O) groups excluding carboxylic acids is 1. The fraction of sp³-hybridized carbons (Fsp3) is 0.278. The second-order valence-corrected chi connectivity index (χ2v) is 5.20. The van der Waals surface area contributed by atoms with E-state index in [1.165, 1.54) is 0 Å². The van der Waals surface area contributed by atoms with Crippen molar-refractivity contribution in [2.75, 3.05) is 19.0 Å². The number of hydrogen-bond donors (Lipinski definition) is 2. The van der Waals surface area contributed by atoms with Gasteiger partial charge in [0, 0.05) is 11.3 Å². The molecular weight excluding hydrogens is 276 g/mol. The Labute approximate surface area is 131 Å². The number of anilines is 1. The van der Waals surface area contributed by atoms with Gasteiger partial charge in [-0.05, 0) is 31.5 Å². The number of hydrogen-bond acceptors (Lipinski definition) is 3. The number of para-hydroxylation sites is 2. The molecule has 1 unspecified atom stereocenters. The van der Waals surface area contributed by atoms with Crippen LogP contribution in [0.5, 0.6) is 5.75 Å². The van der Waals surface area contributed by atoms with Crippen LogP contribution in [0.25, 0.3) is 0 Å². The zero-order valence-electron chi connectivity index (χ0n) is 13.2. The maximum Gasteiger partial charge on any atom is 0.239 e. The van der Waals surface area contributed by atoms with Crippen molar-refractivity contribution in [3.05, 3.63) is 59.7 Å². The lowest BCUT2D eigenvalue weighted by Gasteiger charge is -2.18. The van der Waals surface area contributed by atoms with Crippen molar-refractivity contribution in [3.8, 4) is 5.75 Å². The first-order valence-electron chi connectivity index (χ1n) is 7.33. The van der Waals surface area contributed by atoms with Gasteiger partial charge in [-0.25, -0.2) is 0 Å². The van der Waals surface area contributed by atoms with Crippen LogP contribution in [0, 0.1) is 6.92 Å². The van der Waals surface area contributed by atoms with E-state index in [-0.39, 0.29) is 18.5 Å². The highest BCUT2D eigenvalue weighted by Crippen LogP contribution is 2.24. The van der Waals surface area contributed by atoms with E-state index in [1.54, 1.807) is 7.11 Å². The minimum atomic E-state index is -0.109. The molecule has 0 saturated carbocycles. The lowest BCUT2D eigenvalue weighted by Crippen LogP contribution is -2.32. The molecule has 0 bridgehead atoms. The Morgan fingerprint density at radius 3 is 2.55 bits per heavy atom. The summed E-state index contributed by atoms with van der Waals surface area (Å²) in [4.78, 5) is 12.1. The van der Waals surface area contributed by atoms with Gasteiger partial charge < -0.3 is 15.4 Å². The molecule has 0 aromatic heterocycles. The normalized spacial score (nSPS) is 11.6. The quantitative estimate of drug-likeness (QED) is 0.860. The van der Waals surface area contributed by atoms with Gasteiger partial charge >= 0.3 is 0 Å². The summed E-state index contributed by atoms with van der Waals surface area (Å²) in [6.45, 7) is 4.20. The molecule has 2 rings (SSSR count). The Morgan fingerprint density at radius 2 is 1.82 bits per heavy atom. The number of nitrogens with one attached hydrogen (secondary N) is 2. The van der Waals surface area contributed by atoms with E-state index in [0.717, 1.165) is 22.6 Å². The summed E-state index contributed by atoms with van der Waals surface area (Å²) in [6.07, 6.45) is 0. The van der Waals surface area contributed by atoms with Gasteiger partial charge in [0.1, 0.15) is 5.75 Å². The van der Waals surface area contributed by atoms with E-state index in [4.69, 9.17) is 4.74 Å². The molecule has 0 aliphatic rings. The Balaban J connectivity index is 1.93. The van der Waals surface area contributed by atoms with Gasteiger partial charge in [0.05, 0.1) is 19.7 Å². The van der Waals surface area contributed by atoms with E-state index in [0.29, 0.717) is 0 Å². The molecule has 2 aromatic carbocycles. The van der Waals surface area contributed by atoms with Crippen LogP contribution < -0.4 is 15.4 Å². The average Bonchev–Trinajstić information content (AvgIpc) is 2.54. The average molecular weight is 298 g/mol. The molecule has 2 N–H and O–H groups in total. The molecule has 0 aliphatic heterocycles. The fourth-order valence-corrected chi connectivity index (χ4v) is 2.34. The van der Waals surface area contributed by atoms with E-state index in [2.05, 4.69) is 10.6 Å². The van der Waals surface area contributed by atoms with Crippen molar-refractivity contribution in [1.82, 2.24) is 5.32 Å². The van der Waals surface area contributed by atoms with Gasteiger partial charge in [-0.1, -0.05) is 36.4 Å². The highest BCUT2D eigenvalue weighted by Gasteiger charge is 2.13. The molecule has 1 atom stereocenters. The van der Waals surface area contributed by atoms with E-state index in [1.807, 2.05) is 62.4 Å². The van der Waals surface area contributed by atoms with Crippen molar-refractivity contribution < 1.29 is 9.53 Å². The molecule has 1 amide bonds. The van der Waals surface area contributed by atoms with Crippen LogP contribution in [0.2, 0.25) is 0 Å². The molecule has 0 heterocycles. The lowest BCUT2D eigenvalue weighted by atomic mass is 10.1. The third-order valence-corrected chi connectivity index (χ3v) is 3.57. The number of methoxy groups -OCH3 is 1. The number of benzene rings is 2. The molecule has 0 spiro atoms. The summed E-state index contributed by atoms with van der Waals surface area (Å²) in [7, 11) is 1.63. The van der Waals surface area contributed by atoms with Crippen molar-refractivity contribution in [3.63, 3.8) is 0 Å². The van der Waals surface area contributed by atoms with Gasteiger partial charge in [0.25, 0.3) is 0 Å². The molecule has 0 radical (unpaired) electrons. The smallest absolute Gasteiger partial charge is 0.239 e. The van der Waals surface area contributed by atoms with Crippen molar-refractivity contribution >= 4 is 11.6 Å². The predicted molar refractivity (Wildman–Crippen MR) is 89.2 cm³/mol. The fourth-order valence-electron chi connectivity index (χ4n) is 2.34. The Kier molecular flexibility index (Phi) is 5.42. The third kappa shape index (κ3) is 4.01. The predicted octanol–water partition coefficient (Wildman–Crippen LogP) is 3.29. The van der Waals surface area contributed by atoms with Crippen LogP contribution in [0.3, 0.4) is 0 Å². The SMILES string of the molecule is COc1ccccc1C(C)NC(=O)CNc1ccccc1C. The van der Waals surface area contributed by atoms with Gasteiger partial charge in [-0.3, -0.25) is 4.79 Å². The van der Waals surface area contributed by atoms with Gasteiger partial charge in [0.2, 0.25) is 5.91 Å². The second kappa shape index (κ2) is 7.50. The molecule has 116 valence electrons. The summed E-state index contributed by atoms with van der Waals surface area (Å²) < 4.78 is 5.33. The van der Waals surface area contributed by atoms with Crippen LogP contribution in [0.1, 0.15) is 24.1 Å². The van der Waals surface area contributed by atoms with E-state index >= 15 is 0 Å². The van der Waals surface area contributed by atoms with Crippen LogP contribution in [0.4, 0.5) is 5.69 Å². The van der Waals surface area contributed by atoms with Gasteiger partial charge in [-0.2, -0.15) is 0 Å². The molecule has 0 aliphatic carbocycles. The van der Waals surface area contributed by atoms with E-state index < -0.39 is 0 Å². The van der Waals surface area contributed by atoms with Crippen molar-refractivity contribution in [2.24, 2.45) is 0 Å². The maximum atomic E-state index is 12.1. The standard InChI is InChI=1S/C18H22N2O2/c1-13-8-4-6-10-16(13)19-12-18(21)20-14(2)15-9-5-7-11-17(15)22-3/h4-11,14,19H,12H2,1-3H3,(H,20,21). The first kappa shape index (κ1) is 15.9. The second-order valence-electron chi connectivity index (χ2n) is 5.20. The summed E-state index contributed by atoms with van der Waals surface area (Å²) in [5, 5.41) is 6.13. The summed E-state index contributed by atoms with van der Waals surface area (Å²) in [5.74, 6) is 0.726. The van der Waals surface area contributed by atoms with Crippen LogP contribution >= 0.6 is 0 Å². The highest BCUT2D eigenvalue weighted by atomic mass is 16.5. The number of rotatable bonds is 6. The number of amides is 1. The zero-order valence-corrected chi connectivity index (χ0v) is 13.2. The molecule has 2 aromatic rings. The molecule has 22 heavy (non-hydrogen) atoms. The van der Waals surface area contributed by atoms with Crippen molar-refractivity contribution in [2.45, 2.75) is 19.9 Å². The van der Waals surface area contributed by atoms with E-state index in [9.17, 15) is 4.79 Å². The highest BCUT2D eigenvalue weighted by molar-refractivity contribution is 5.81.